The van der Waals surface area contributed by atoms with Crippen molar-refractivity contribution in [1.82, 2.24) is 5.32 Å². The second kappa shape index (κ2) is 5.93. The zero-order chi connectivity index (χ0) is 19.5. The van der Waals surface area contributed by atoms with E-state index in [2.05, 4.69) is 53.8 Å². The van der Waals surface area contributed by atoms with Crippen molar-refractivity contribution < 1.29 is 14.3 Å². The van der Waals surface area contributed by atoms with Crippen molar-refractivity contribution in [1.29, 1.82) is 0 Å². The molecule has 0 bridgehead atoms. The van der Waals surface area contributed by atoms with Crippen LogP contribution in [0, 0.1) is 0 Å². The Hall–Kier alpha value is -3.14. The summed E-state index contributed by atoms with van der Waals surface area (Å²) in [6.45, 7) is 3.52. The van der Waals surface area contributed by atoms with Gasteiger partial charge in [0.15, 0.2) is 0 Å². The summed E-state index contributed by atoms with van der Waals surface area (Å²) in [5, 5.41) is 5.42. The summed E-state index contributed by atoms with van der Waals surface area (Å²) in [5.74, 6) is -0.576. The minimum Gasteiger partial charge on any atom is -0.464 e. The molecule has 2 aliphatic carbocycles. The molecule has 1 N–H and O–H groups in total. The van der Waals surface area contributed by atoms with Gasteiger partial charge in [-0.1, -0.05) is 48.5 Å². The molecule has 4 nitrogen and oxygen atoms in total. The van der Waals surface area contributed by atoms with Crippen molar-refractivity contribution in [3.8, 4) is 22.3 Å². The molecule has 3 aromatic rings. The average Bonchev–Trinajstić information content (AvgIpc) is 3.18. The van der Waals surface area contributed by atoms with E-state index in [-0.39, 0.29) is 11.9 Å². The normalized spacial score (nSPS) is 15.2. The molecule has 0 saturated heterocycles. The molecule has 0 heterocycles. The first-order valence-electron chi connectivity index (χ1n) is 9.67. The molecule has 3 aromatic carbocycles. The number of esters is 1. The number of carbonyl (C=O) groups excluding carboxylic acids is 2. The summed E-state index contributed by atoms with van der Waals surface area (Å²) < 4.78 is 5.31. The number of hydrogen-bond acceptors (Lipinski definition) is 3. The van der Waals surface area contributed by atoms with E-state index in [1.807, 2.05) is 0 Å². The van der Waals surface area contributed by atoms with E-state index >= 15 is 0 Å². The van der Waals surface area contributed by atoms with Gasteiger partial charge in [-0.15, -0.1) is 0 Å². The highest BCUT2D eigenvalue weighted by atomic mass is 16.5. The summed E-state index contributed by atoms with van der Waals surface area (Å²) in [4.78, 5) is 24.6. The fourth-order valence-corrected chi connectivity index (χ4v) is 4.86. The van der Waals surface area contributed by atoms with Gasteiger partial charge < -0.3 is 10.1 Å². The van der Waals surface area contributed by atoms with Crippen molar-refractivity contribution >= 4 is 22.6 Å². The smallest absolute Gasteiger partial charge is 0.332 e. The lowest BCUT2D eigenvalue weighted by Crippen LogP contribution is -2.55. The van der Waals surface area contributed by atoms with Gasteiger partial charge in [-0.3, -0.25) is 4.79 Å². The zero-order valence-electron chi connectivity index (χ0n) is 16.0. The third-order valence-electron chi connectivity index (χ3n) is 5.89. The Labute approximate surface area is 163 Å². The third kappa shape index (κ3) is 2.30. The number of hydrogen-bond donors (Lipinski definition) is 1. The SMILES string of the molecule is CCOC(=O)C1(NC(C)=O)Cc2cc3c(cc2C1)-c1cccc2cccc-3c12. The Morgan fingerprint density at radius 1 is 0.964 bits per heavy atom. The van der Waals surface area contributed by atoms with E-state index in [0.717, 1.165) is 11.1 Å². The van der Waals surface area contributed by atoms with E-state index in [1.165, 1.54) is 39.9 Å². The van der Waals surface area contributed by atoms with Crippen molar-refractivity contribution in [2.75, 3.05) is 6.61 Å². The second-order valence-electron chi connectivity index (χ2n) is 7.71. The lowest BCUT2D eigenvalue weighted by Gasteiger charge is -2.27. The molecule has 0 saturated carbocycles. The molecule has 0 unspecified atom stereocenters. The van der Waals surface area contributed by atoms with Crippen LogP contribution in [0.3, 0.4) is 0 Å². The molecule has 0 aromatic heterocycles. The van der Waals surface area contributed by atoms with Crippen LogP contribution < -0.4 is 5.32 Å². The number of fused-ring (bicyclic) bond motifs is 4. The first-order valence-corrected chi connectivity index (χ1v) is 9.67. The summed E-state index contributed by atoms with van der Waals surface area (Å²) in [7, 11) is 0. The van der Waals surface area contributed by atoms with Gasteiger partial charge in [0.2, 0.25) is 5.91 Å². The molecule has 5 rings (SSSR count). The largest absolute Gasteiger partial charge is 0.464 e. The van der Waals surface area contributed by atoms with Crippen LogP contribution in [0.5, 0.6) is 0 Å². The van der Waals surface area contributed by atoms with Gasteiger partial charge in [-0.2, -0.15) is 0 Å². The van der Waals surface area contributed by atoms with Crippen molar-refractivity contribution in [3.63, 3.8) is 0 Å². The topological polar surface area (TPSA) is 55.4 Å². The Morgan fingerprint density at radius 3 is 2.04 bits per heavy atom. The quantitative estimate of drug-likeness (QED) is 0.553. The number of rotatable bonds is 3. The summed E-state index contributed by atoms with van der Waals surface area (Å²) in [6, 6.07) is 17.2. The Morgan fingerprint density at radius 2 is 1.54 bits per heavy atom. The van der Waals surface area contributed by atoms with Crippen LogP contribution in [-0.4, -0.2) is 24.0 Å². The van der Waals surface area contributed by atoms with Gasteiger partial charge >= 0.3 is 5.97 Å². The van der Waals surface area contributed by atoms with Crippen LogP contribution in [0.25, 0.3) is 33.0 Å². The molecule has 140 valence electrons. The van der Waals surface area contributed by atoms with Crippen LogP contribution >= 0.6 is 0 Å². The number of benzene rings is 3. The predicted molar refractivity (Wildman–Crippen MR) is 109 cm³/mol. The lowest BCUT2D eigenvalue weighted by atomic mass is 9.95. The molecule has 1 amide bonds. The summed E-state index contributed by atoms with van der Waals surface area (Å²) in [5.41, 5.74) is 6.07. The first-order chi connectivity index (χ1) is 13.5. The monoisotopic (exact) mass is 371 g/mol. The fraction of sp³-hybridized carbons (Fsp3) is 0.250. The van der Waals surface area contributed by atoms with Crippen molar-refractivity contribution in [2.24, 2.45) is 0 Å². The second-order valence-corrected chi connectivity index (χ2v) is 7.71. The Balaban J connectivity index is 1.64. The molecule has 28 heavy (non-hydrogen) atoms. The minimum atomic E-state index is -1.01. The molecule has 0 atom stereocenters. The summed E-state index contributed by atoms with van der Waals surface area (Å²) >= 11 is 0. The maximum absolute atomic E-state index is 12.7. The lowest BCUT2D eigenvalue weighted by molar-refractivity contribution is -0.152. The number of carbonyl (C=O) groups is 2. The van der Waals surface area contributed by atoms with Gasteiger partial charge in [-0.05, 0) is 51.1 Å². The third-order valence-corrected chi connectivity index (χ3v) is 5.89. The highest BCUT2D eigenvalue weighted by Gasteiger charge is 2.46. The van der Waals surface area contributed by atoms with E-state index in [1.54, 1.807) is 6.92 Å². The maximum Gasteiger partial charge on any atom is 0.332 e. The Bertz CT molecular complexity index is 1090. The van der Waals surface area contributed by atoms with Crippen LogP contribution in [0.1, 0.15) is 25.0 Å². The van der Waals surface area contributed by atoms with Gasteiger partial charge in [0, 0.05) is 19.8 Å². The predicted octanol–water partition coefficient (Wildman–Crippen LogP) is 4.02. The summed E-state index contributed by atoms with van der Waals surface area (Å²) in [6.07, 6.45) is 0.917. The van der Waals surface area contributed by atoms with Crippen LogP contribution in [-0.2, 0) is 27.2 Å². The molecule has 0 spiro atoms. The van der Waals surface area contributed by atoms with Crippen LogP contribution in [0.4, 0.5) is 0 Å². The minimum absolute atomic E-state index is 0.219. The number of ether oxygens (including phenoxy) is 1. The highest BCUT2D eigenvalue weighted by molar-refractivity contribution is 6.15. The Kier molecular flexibility index (Phi) is 3.60. The van der Waals surface area contributed by atoms with E-state index in [0.29, 0.717) is 19.4 Å². The van der Waals surface area contributed by atoms with Crippen LogP contribution in [0.15, 0.2) is 48.5 Å². The van der Waals surface area contributed by atoms with E-state index in [4.69, 9.17) is 4.74 Å². The van der Waals surface area contributed by atoms with Gasteiger partial charge in [-0.25, -0.2) is 4.79 Å². The van der Waals surface area contributed by atoms with Gasteiger partial charge in [0.1, 0.15) is 5.54 Å². The van der Waals surface area contributed by atoms with E-state index < -0.39 is 5.54 Å². The number of amides is 1. The van der Waals surface area contributed by atoms with E-state index in [9.17, 15) is 9.59 Å². The first kappa shape index (κ1) is 17.0. The maximum atomic E-state index is 12.7. The van der Waals surface area contributed by atoms with Gasteiger partial charge in [0.05, 0.1) is 6.61 Å². The molecule has 4 heteroatoms. The molecular formula is C24H21NO3. The fourth-order valence-electron chi connectivity index (χ4n) is 4.86. The molecular weight excluding hydrogens is 350 g/mol. The average molecular weight is 371 g/mol. The standard InChI is InChI=1S/C24H21NO3/c1-3-28-23(27)24(25-14(2)26)12-16-10-20-18-8-4-6-15-7-5-9-19(22(15)18)21(20)11-17(16)13-24/h4-11H,3,12-13H2,1-2H3,(H,25,26). The number of nitrogens with one attached hydrogen (secondary N) is 1. The van der Waals surface area contributed by atoms with Crippen molar-refractivity contribution in [3.05, 3.63) is 59.7 Å². The van der Waals surface area contributed by atoms with Gasteiger partial charge in [0.25, 0.3) is 0 Å². The highest BCUT2D eigenvalue weighted by Crippen LogP contribution is 2.49. The molecule has 0 fully saturated rings. The molecule has 0 aliphatic heterocycles. The molecule has 0 radical (unpaired) electrons. The zero-order valence-corrected chi connectivity index (χ0v) is 16.0. The van der Waals surface area contributed by atoms with Crippen LogP contribution in [0.2, 0.25) is 0 Å². The van der Waals surface area contributed by atoms with Crippen molar-refractivity contribution in [2.45, 2.75) is 32.2 Å². The molecule has 2 aliphatic rings.